The maximum Gasteiger partial charge on any atom is 0.246 e. The molecular formula is C15H22N2O2. The Balaban J connectivity index is 2.07. The van der Waals surface area contributed by atoms with Gasteiger partial charge in [0.15, 0.2) is 0 Å². The summed E-state index contributed by atoms with van der Waals surface area (Å²) in [5.41, 5.74) is 6.10. The number of hydrogen-bond donors (Lipinski definition) is 2. The predicted molar refractivity (Wildman–Crippen MR) is 74.4 cm³/mol. The number of nitrogens with two attached hydrogens (primary N) is 1. The third kappa shape index (κ3) is 2.96. The molecule has 0 bridgehead atoms. The van der Waals surface area contributed by atoms with E-state index in [0.29, 0.717) is 12.5 Å². The van der Waals surface area contributed by atoms with Crippen molar-refractivity contribution >= 4 is 5.91 Å². The second-order valence-corrected chi connectivity index (χ2v) is 5.49. The first-order valence-electron chi connectivity index (χ1n) is 6.80. The lowest BCUT2D eigenvalue weighted by molar-refractivity contribution is -0.135. The molecule has 2 atom stereocenters. The molecule has 4 heteroatoms. The summed E-state index contributed by atoms with van der Waals surface area (Å²) in [6.07, 6.45) is 1.72. The molecule has 2 unspecified atom stereocenters. The van der Waals surface area contributed by atoms with Crippen LogP contribution in [0.5, 0.6) is 0 Å². The summed E-state index contributed by atoms with van der Waals surface area (Å²) in [4.78, 5) is 14.4. The summed E-state index contributed by atoms with van der Waals surface area (Å²) in [5, 5.41) is 8.96. The monoisotopic (exact) mass is 262 g/mol. The van der Waals surface area contributed by atoms with Crippen molar-refractivity contribution in [1.82, 2.24) is 4.90 Å². The van der Waals surface area contributed by atoms with Crippen LogP contribution in [-0.4, -0.2) is 35.6 Å². The fourth-order valence-electron chi connectivity index (χ4n) is 2.67. The Hall–Kier alpha value is -1.39. The average molecular weight is 262 g/mol. The maximum absolute atomic E-state index is 12.6. The van der Waals surface area contributed by atoms with E-state index in [-0.39, 0.29) is 12.5 Å². The van der Waals surface area contributed by atoms with Crippen molar-refractivity contribution in [2.45, 2.75) is 25.3 Å². The molecule has 1 saturated heterocycles. The minimum Gasteiger partial charge on any atom is -0.396 e. The summed E-state index contributed by atoms with van der Waals surface area (Å²) in [6.45, 7) is 3.40. The van der Waals surface area contributed by atoms with Crippen molar-refractivity contribution in [3.63, 3.8) is 0 Å². The number of rotatable bonds is 4. The number of aliphatic hydroxyl groups is 1. The van der Waals surface area contributed by atoms with E-state index in [2.05, 4.69) is 0 Å². The Morgan fingerprint density at radius 2 is 2.16 bits per heavy atom. The molecule has 0 aromatic heterocycles. The Kier molecular flexibility index (Phi) is 4.22. The zero-order valence-corrected chi connectivity index (χ0v) is 11.4. The highest BCUT2D eigenvalue weighted by molar-refractivity contribution is 5.87. The smallest absolute Gasteiger partial charge is 0.246 e. The maximum atomic E-state index is 12.6. The third-order valence-corrected chi connectivity index (χ3v) is 3.93. The van der Waals surface area contributed by atoms with Gasteiger partial charge in [-0.3, -0.25) is 4.79 Å². The molecule has 1 fully saturated rings. The Morgan fingerprint density at radius 3 is 2.79 bits per heavy atom. The molecule has 4 nitrogen and oxygen atoms in total. The molecule has 0 spiro atoms. The van der Waals surface area contributed by atoms with Gasteiger partial charge in [-0.25, -0.2) is 0 Å². The third-order valence-electron chi connectivity index (χ3n) is 3.93. The van der Waals surface area contributed by atoms with Gasteiger partial charge in [0.1, 0.15) is 5.54 Å². The van der Waals surface area contributed by atoms with Crippen LogP contribution in [0.2, 0.25) is 0 Å². The standard InChI is InChI=1S/C15H22N2O2/c1-15(16,13-5-3-2-4-6-13)14(19)17-9-7-12(11-17)8-10-18/h2-6,12,18H,7-11,16H2,1H3. The van der Waals surface area contributed by atoms with Gasteiger partial charge in [0.25, 0.3) is 0 Å². The molecule has 104 valence electrons. The lowest BCUT2D eigenvalue weighted by Crippen LogP contribution is -2.50. The fraction of sp³-hybridized carbons (Fsp3) is 0.533. The number of hydrogen-bond acceptors (Lipinski definition) is 3. The van der Waals surface area contributed by atoms with Crippen LogP contribution < -0.4 is 5.73 Å². The van der Waals surface area contributed by atoms with Crippen molar-refractivity contribution in [3.8, 4) is 0 Å². The van der Waals surface area contributed by atoms with E-state index in [4.69, 9.17) is 10.8 Å². The number of aliphatic hydroxyl groups excluding tert-OH is 1. The van der Waals surface area contributed by atoms with E-state index in [1.807, 2.05) is 35.2 Å². The SMILES string of the molecule is CC(N)(C(=O)N1CCC(CCO)C1)c1ccccc1. The molecule has 1 heterocycles. The summed E-state index contributed by atoms with van der Waals surface area (Å²) in [5.74, 6) is 0.375. The number of carbonyl (C=O) groups is 1. The highest BCUT2D eigenvalue weighted by Crippen LogP contribution is 2.26. The quantitative estimate of drug-likeness (QED) is 0.853. The van der Waals surface area contributed by atoms with Crippen LogP contribution in [-0.2, 0) is 10.3 Å². The second kappa shape index (κ2) is 5.72. The van der Waals surface area contributed by atoms with Crippen LogP contribution >= 0.6 is 0 Å². The summed E-state index contributed by atoms with van der Waals surface area (Å²) in [6, 6.07) is 9.48. The van der Waals surface area contributed by atoms with Gasteiger partial charge in [-0.15, -0.1) is 0 Å². The number of carbonyl (C=O) groups excluding carboxylic acids is 1. The van der Waals surface area contributed by atoms with Gasteiger partial charge < -0.3 is 15.7 Å². The summed E-state index contributed by atoms with van der Waals surface area (Å²) < 4.78 is 0. The number of likely N-dealkylation sites (tertiary alicyclic amines) is 1. The van der Waals surface area contributed by atoms with Crippen LogP contribution in [0, 0.1) is 5.92 Å². The van der Waals surface area contributed by atoms with E-state index in [0.717, 1.165) is 24.9 Å². The van der Waals surface area contributed by atoms with Gasteiger partial charge in [0, 0.05) is 19.7 Å². The molecule has 2 rings (SSSR count). The van der Waals surface area contributed by atoms with E-state index < -0.39 is 5.54 Å². The zero-order chi connectivity index (χ0) is 13.9. The highest BCUT2D eigenvalue weighted by Gasteiger charge is 2.37. The van der Waals surface area contributed by atoms with Gasteiger partial charge in [-0.1, -0.05) is 30.3 Å². The van der Waals surface area contributed by atoms with Crippen molar-refractivity contribution in [2.75, 3.05) is 19.7 Å². The van der Waals surface area contributed by atoms with Crippen molar-refractivity contribution in [2.24, 2.45) is 11.7 Å². The highest BCUT2D eigenvalue weighted by atomic mass is 16.3. The summed E-state index contributed by atoms with van der Waals surface area (Å²) >= 11 is 0. The van der Waals surface area contributed by atoms with Crippen molar-refractivity contribution in [1.29, 1.82) is 0 Å². The predicted octanol–water partition coefficient (Wildman–Crippen LogP) is 1.09. The molecule has 1 aromatic rings. The fourth-order valence-corrected chi connectivity index (χ4v) is 2.67. The molecule has 0 saturated carbocycles. The molecular weight excluding hydrogens is 240 g/mol. The molecule has 1 aliphatic rings. The van der Waals surface area contributed by atoms with Crippen LogP contribution in [0.4, 0.5) is 0 Å². The molecule has 1 amide bonds. The van der Waals surface area contributed by atoms with E-state index in [1.54, 1.807) is 6.92 Å². The van der Waals surface area contributed by atoms with Crippen LogP contribution in [0.15, 0.2) is 30.3 Å². The molecule has 0 radical (unpaired) electrons. The van der Waals surface area contributed by atoms with Crippen molar-refractivity contribution < 1.29 is 9.90 Å². The van der Waals surface area contributed by atoms with E-state index >= 15 is 0 Å². The minimum atomic E-state index is -0.977. The first kappa shape index (κ1) is 14.0. The first-order chi connectivity index (χ1) is 9.05. The van der Waals surface area contributed by atoms with Crippen molar-refractivity contribution in [3.05, 3.63) is 35.9 Å². The van der Waals surface area contributed by atoms with Gasteiger partial charge in [0.2, 0.25) is 5.91 Å². The van der Waals surface area contributed by atoms with Crippen LogP contribution in [0.25, 0.3) is 0 Å². The van der Waals surface area contributed by atoms with Gasteiger partial charge >= 0.3 is 0 Å². The molecule has 19 heavy (non-hydrogen) atoms. The van der Waals surface area contributed by atoms with Gasteiger partial charge in [0.05, 0.1) is 0 Å². The van der Waals surface area contributed by atoms with E-state index in [9.17, 15) is 4.79 Å². The molecule has 1 aliphatic heterocycles. The molecule has 3 N–H and O–H groups in total. The minimum absolute atomic E-state index is 0.0286. The summed E-state index contributed by atoms with van der Waals surface area (Å²) in [7, 11) is 0. The lowest BCUT2D eigenvalue weighted by atomic mass is 9.91. The van der Waals surface area contributed by atoms with Crippen LogP contribution in [0.1, 0.15) is 25.3 Å². The number of nitrogens with zero attached hydrogens (tertiary/aromatic N) is 1. The first-order valence-corrected chi connectivity index (χ1v) is 6.80. The van der Waals surface area contributed by atoms with E-state index in [1.165, 1.54) is 0 Å². The van der Waals surface area contributed by atoms with Crippen LogP contribution in [0.3, 0.4) is 0 Å². The lowest BCUT2D eigenvalue weighted by Gasteiger charge is -2.29. The molecule has 0 aliphatic carbocycles. The Morgan fingerprint density at radius 1 is 1.47 bits per heavy atom. The largest absolute Gasteiger partial charge is 0.396 e. The second-order valence-electron chi connectivity index (χ2n) is 5.49. The van der Waals surface area contributed by atoms with Gasteiger partial charge in [-0.05, 0) is 31.2 Å². The Bertz CT molecular complexity index is 431. The topological polar surface area (TPSA) is 66.6 Å². The Labute approximate surface area is 114 Å². The zero-order valence-electron chi connectivity index (χ0n) is 11.4. The normalized spacial score (nSPS) is 22.3. The number of amides is 1. The average Bonchev–Trinajstić information content (AvgIpc) is 2.88. The molecule has 1 aromatic carbocycles. The number of benzene rings is 1. The van der Waals surface area contributed by atoms with Gasteiger partial charge in [-0.2, -0.15) is 0 Å².